The number of alkyl halides is 3. The van der Waals surface area contributed by atoms with Crippen molar-refractivity contribution in [2.45, 2.75) is 24.2 Å². The van der Waals surface area contributed by atoms with Crippen LogP contribution in [0.2, 0.25) is 0 Å². The van der Waals surface area contributed by atoms with Gasteiger partial charge in [-0.25, -0.2) is 9.67 Å². The van der Waals surface area contributed by atoms with Gasteiger partial charge < -0.3 is 5.32 Å². The second-order valence-corrected chi connectivity index (χ2v) is 8.29. The quantitative estimate of drug-likeness (QED) is 0.401. The summed E-state index contributed by atoms with van der Waals surface area (Å²) in [5.74, 6) is -0.210. The Labute approximate surface area is 196 Å². The van der Waals surface area contributed by atoms with Gasteiger partial charge in [-0.3, -0.25) is 14.2 Å². The standard InChI is InChI=1S/C23H20F3N5O2S/c1-34-19-8-3-2-7-17(19)21(32)27-9-10-31-20-18(12-29-31)22(33)30(14-28-20)13-15-5-4-6-16(11-15)23(24,25)26/h2-8,11-12,14H,9-10,13H2,1H3,(H,27,32). The summed E-state index contributed by atoms with van der Waals surface area (Å²) in [6.07, 6.45) is 0.0964. The van der Waals surface area contributed by atoms with E-state index in [1.54, 1.807) is 12.1 Å². The van der Waals surface area contributed by atoms with Crippen molar-refractivity contribution in [2.75, 3.05) is 12.8 Å². The molecule has 2 aromatic carbocycles. The van der Waals surface area contributed by atoms with E-state index in [0.717, 1.165) is 17.0 Å². The van der Waals surface area contributed by atoms with Gasteiger partial charge >= 0.3 is 6.18 Å². The Bertz CT molecular complexity index is 1400. The first kappa shape index (κ1) is 23.6. The molecule has 34 heavy (non-hydrogen) atoms. The number of fused-ring (bicyclic) bond motifs is 1. The van der Waals surface area contributed by atoms with Crippen molar-refractivity contribution in [3.05, 3.63) is 88.1 Å². The van der Waals surface area contributed by atoms with Gasteiger partial charge in [0.25, 0.3) is 11.5 Å². The summed E-state index contributed by atoms with van der Waals surface area (Å²) in [5.41, 5.74) is 0.0624. The van der Waals surface area contributed by atoms with Crippen molar-refractivity contribution < 1.29 is 18.0 Å². The molecule has 0 saturated heterocycles. The van der Waals surface area contributed by atoms with E-state index in [-0.39, 0.29) is 24.4 Å². The molecule has 11 heteroatoms. The third kappa shape index (κ3) is 4.98. The summed E-state index contributed by atoms with van der Waals surface area (Å²) < 4.78 is 41.6. The van der Waals surface area contributed by atoms with E-state index in [2.05, 4.69) is 15.4 Å². The van der Waals surface area contributed by atoms with E-state index in [0.29, 0.717) is 23.3 Å². The molecule has 0 fully saturated rings. The van der Waals surface area contributed by atoms with Crippen molar-refractivity contribution in [1.82, 2.24) is 24.6 Å². The van der Waals surface area contributed by atoms with E-state index >= 15 is 0 Å². The maximum Gasteiger partial charge on any atom is 0.416 e. The normalized spacial score (nSPS) is 11.6. The molecular weight excluding hydrogens is 467 g/mol. The fourth-order valence-electron chi connectivity index (χ4n) is 3.52. The molecule has 2 heterocycles. The molecule has 4 rings (SSSR count). The van der Waals surface area contributed by atoms with Gasteiger partial charge in [-0.2, -0.15) is 18.3 Å². The Kier molecular flexibility index (Phi) is 6.73. The average molecular weight is 488 g/mol. The summed E-state index contributed by atoms with van der Waals surface area (Å²) in [7, 11) is 0. The zero-order chi connectivity index (χ0) is 24.3. The van der Waals surface area contributed by atoms with Crippen molar-refractivity contribution in [3.63, 3.8) is 0 Å². The van der Waals surface area contributed by atoms with Gasteiger partial charge in [-0.05, 0) is 36.1 Å². The van der Waals surface area contributed by atoms with Crippen LogP contribution in [0.25, 0.3) is 11.0 Å². The molecular formula is C23H20F3N5O2S. The van der Waals surface area contributed by atoms with E-state index in [4.69, 9.17) is 0 Å². The lowest BCUT2D eigenvalue weighted by Crippen LogP contribution is -2.28. The summed E-state index contributed by atoms with van der Waals surface area (Å²) in [6.45, 7) is 0.510. The third-order valence-electron chi connectivity index (χ3n) is 5.19. The van der Waals surface area contributed by atoms with E-state index in [1.807, 2.05) is 18.4 Å². The maximum absolute atomic E-state index is 13.0. The van der Waals surface area contributed by atoms with Crippen LogP contribution in [0.3, 0.4) is 0 Å². The smallest absolute Gasteiger partial charge is 0.350 e. The highest BCUT2D eigenvalue weighted by Gasteiger charge is 2.30. The lowest BCUT2D eigenvalue weighted by molar-refractivity contribution is -0.137. The van der Waals surface area contributed by atoms with Crippen molar-refractivity contribution >= 4 is 28.7 Å². The lowest BCUT2D eigenvalue weighted by Gasteiger charge is -2.10. The zero-order valence-corrected chi connectivity index (χ0v) is 18.9. The number of carbonyl (C=O) groups excluding carboxylic acids is 1. The van der Waals surface area contributed by atoms with Gasteiger partial charge in [-0.1, -0.05) is 24.3 Å². The molecule has 2 aromatic heterocycles. The Morgan fingerprint density at radius 3 is 2.71 bits per heavy atom. The molecule has 1 amide bonds. The molecule has 1 N–H and O–H groups in total. The number of benzene rings is 2. The second-order valence-electron chi connectivity index (χ2n) is 7.44. The molecule has 0 radical (unpaired) electrons. The van der Waals surface area contributed by atoms with Crippen LogP contribution in [0.1, 0.15) is 21.5 Å². The largest absolute Gasteiger partial charge is 0.416 e. The van der Waals surface area contributed by atoms with Gasteiger partial charge in [0.15, 0.2) is 5.65 Å². The number of aromatic nitrogens is 4. The van der Waals surface area contributed by atoms with Crippen LogP contribution in [-0.4, -0.2) is 38.0 Å². The Morgan fingerprint density at radius 2 is 1.94 bits per heavy atom. The zero-order valence-electron chi connectivity index (χ0n) is 18.0. The highest BCUT2D eigenvalue weighted by atomic mass is 32.2. The van der Waals surface area contributed by atoms with Gasteiger partial charge in [-0.15, -0.1) is 11.8 Å². The Morgan fingerprint density at radius 1 is 1.15 bits per heavy atom. The molecule has 0 bridgehead atoms. The number of thioether (sulfide) groups is 1. The van der Waals surface area contributed by atoms with Crippen molar-refractivity contribution in [3.8, 4) is 0 Å². The highest BCUT2D eigenvalue weighted by Crippen LogP contribution is 2.29. The number of nitrogens with zero attached hydrogens (tertiary/aromatic N) is 4. The van der Waals surface area contributed by atoms with E-state index < -0.39 is 17.3 Å². The van der Waals surface area contributed by atoms with Crippen molar-refractivity contribution in [1.29, 1.82) is 0 Å². The Hall–Kier alpha value is -3.60. The molecule has 0 unspecified atom stereocenters. The minimum atomic E-state index is -4.46. The molecule has 0 spiro atoms. The molecule has 0 saturated carbocycles. The fraction of sp³-hybridized carbons (Fsp3) is 0.217. The van der Waals surface area contributed by atoms with Crippen LogP contribution >= 0.6 is 11.8 Å². The first-order valence-electron chi connectivity index (χ1n) is 10.3. The van der Waals surface area contributed by atoms with E-state index in [9.17, 15) is 22.8 Å². The minimum absolute atomic E-state index is 0.0538. The van der Waals surface area contributed by atoms with Crippen LogP contribution in [0, 0.1) is 0 Å². The third-order valence-corrected chi connectivity index (χ3v) is 5.99. The molecule has 0 aliphatic heterocycles. The number of hydrogen-bond donors (Lipinski definition) is 1. The summed E-state index contributed by atoms with van der Waals surface area (Å²) >= 11 is 1.48. The van der Waals surface area contributed by atoms with Crippen LogP contribution in [0.5, 0.6) is 0 Å². The topological polar surface area (TPSA) is 81.8 Å². The molecule has 0 aliphatic carbocycles. The first-order chi connectivity index (χ1) is 16.3. The maximum atomic E-state index is 13.0. The predicted molar refractivity (Wildman–Crippen MR) is 123 cm³/mol. The van der Waals surface area contributed by atoms with Crippen LogP contribution in [-0.2, 0) is 19.3 Å². The summed E-state index contributed by atoms with van der Waals surface area (Å²) in [4.78, 5) is 30.5. The van der Waals surface area contributed by atoms with Gasteiger partial charge in [0, 0.05) is 11.4 Å². The number of rotatable bonds is 7. The van der Waals surface area contributed by atoms with Gasteiger partial charge in [0.05, 0.1) is 30.4 Å². The molecule has 0 atom stereocenters. The predicted octanol–water partition coefficient (Wildman–Crippen LogP) is 3.81. The van der Waals surface area contributed by atoms with E-state index in [1.165, 1.54) is 45.7 Å². The van der Waals surface area contributed by atoms with Crippen molar-refractivity contribution in [2.24, 2.45) is 0 Å². The first-order valence-corrected chi connectivity index (χ1v) is 11.5. The van der Waals surface area contributed by atoms with Crippen LogP contribution < -0.4 is 10.9 Å². The molecule has 0 aliphatic rings. The summed E-state index contributed by atoms with van der Waals surface area (Å²) in [6, 6.07) is 12.1. The highest BCUT2D eigenvalue weighted by molar-refractivity contribution is 7.98. The number of amides is 1. The number of carbonyl (C=O) groups is 1. The van der Waals surface area contributed by atoms with Crippen LogP contribution in [0.4, 0.5) is 13.2 Å². The molecule has 176 valence electrons. The SMILES string of the molecule is CSc1ccccc1C(=O)NCCn1ncc2c(=O)n(Cc3cccc(C(F)(F)F)c3)cnc21. The summed E-state index contributed by atoms with van der Waals surface area (Å²) in [5, 5.41) is 7.27. The van der Waals surface area contributed by atoms with Gasteiger partial charge in [0.1, 0.15) is 11.7 Å². The number of hydrogen-bond acceptors (Lipinski definition) is 5. The average Bonchev–Trinajstić information content (AvgIpc) is 3.24. The fourth-order valence-corrected chi connectivity index (χ4v) is 4.11. The minimum Gasteiger partial charge on any atom is -0.350 e. The number of nitrogens with one attached hydrogen (secondary N) is 1. The lowest BCUT2D eigenvalue weighted by atomic mass is 10.1. The van der Waals surface area contributed by atoms with Gasteiger partial charge in [0.2, 0.25) is 0 Å². The van der Waals surface area contributed by atoms with Crippen LogP contribution in [0.15, 0.2) is 70.7 Å². The monoisotopic (exact) mass is 487 g/mol. The molecule has 4 aromatic rings. The second kappa shape index (κ2) is 9.72. The molecule has 7 nitrogen and oxygen atoms in total. The Balaban J connectivity index is 1.47. The number of halogens is 3.